The van der Waals surface area contributed by atoms with E-state index in [1.165, 1.54) is 36.9 Å². The van der Waals surface area contributed by atoms with E-state index < -0.39 is 0 Å². The molecule has 1 aromatic rings. The van der Waals surface area contributed by atoms with Gasteiger partial charge in [-0.15, -0.1) is 0 Å². The summed E-state index contributed by atoms with van der Waals surface area (Å²) < 4.78 is 1.86. The fraction of sp³-hybridized carbons (Fsp3) is 0.750. The zero-order valence-corrected chi connectivity index (χ0v) is 9.58. The summed E-state index contributed by atoms with van der Waals surface area (Å²) in [7, 11) is 1.96. The Morgan fingerprint density at radius 1 is 1.47 bits per heavy atom. The molecule has 3 rings (SSSR count). The molecule has 82 valence electrons. The number of rotatable bonds is 3. The van der Waals surface area contributed by atoms with Crippen molar-refractivity contribution in [2.75, 3.05) is 5.73 Å². The van der Waals surface area contributed by atoms with Crippen LogP contribution >= 0.6 is 0 Å². The molecule has 0 radical (unpaired) electrons. The summed E-state index contributed by atoms with van der Waals surface area (Å²) in [4.78, 5) is 0. The normalized spacial score (nSPS) is 23.1. The average molecular weight is 205 g/mol. The predicted molar refractivity (Wildman–Crippen MR) is 60.6 cm³/mol. The number of anilines is 1. The SMILES string of the molecule is CCc1c(C2(C3CC3)CC2)nn(C)c1N. The molecule has 0 aromatic carbocycles. The molecule has 15 heavy (non-hydrogen) atoms. The van der Waals surface area contributed by atoms with E-state index in [1.807, 2.05) is 11.7 Å². The molecule has 2 aliphatic rings. The van der Waals surface area contributed by atoms with E-state index in [1.54, 1.807) is 0 Å². The predicted octanol–water partition coefficient (Wildman–Crippen LogP) is 2.01. The first-order valence-corrected chi connectivity index (χ1v) is 6.01. The molecular formula is C12H19N3. The Balaban J connectivity index is 2.07. The second-order valence-corrected chi connectivity index (χ2v) is 5.12. The van der Waals surface area contributed by atoms with E-state index in [0.717, 1.165) is 18.2 Å². The molecular weight excluding hydrogens is 186 g/mol. The lowest BCUT2D eigenvalue weighted by Gasteiger charge is -2.12. The molecule has 1 heterocycles. The average Bonchev–Trinajstić information content (AvgIpc) is 3.08. The Morgan fingerprint density at radius 3 is 2.60 bits per heavy atom. The quantitative estimate of drug-likeness (QED) is 0.820. The van der Waals surface area contributed by atoms with Crippen LogP contribution in [0.4, 0.5) is 5.82 Å². The molecule has 0 unspecified atom stereocenters. The number of aryl methyl sites for hydroxylation is 1. The summed E-state index contributed by atoms with van der Waals surface area (Å²) in [6.07, 6.45) is 6.49. The standard InChI is InChI=1S/C12H19N3/c1-3-9-10(14-15(2)11(9)13)12(6-7-12)8-4-5-8/h8H,3-7,13H2,1-2H3. The van der Waals surface area contributed by atoms with Crippen LogP contribution in [0.1, 0.15) is 43.9 Å². The van der Waals surface area contributed by atoms with Crippen molar-refractivity contribution >= 4 is 5.82 Å². The first kappa shape index (κ1) is 9.25. The van der Waals surface area contributed by atoms with Crippen molar-refractivity contribution in [2.45, 2.75) is 44.4 Å². The Labute approximate surface area is 90.7 Å². The van der Waals surface area contributed by atoms with Gasteiger partial charge in [0.05, 0.1) is 5.69 Å². The second-order valence-electron chi connectivity index (χ2n) is 5.12. The molecule has 2 fully saturated rings. The van der Waals surface area contributed by atoms with Crippen LogP contribution in [-0.2, 0) is 18.9 Å². The van der Waals surface area contributed by atoms with E-state index in [4.69, 9.17) is 5.73 Å². The van der Waals surface area contributed by atoms with Crippen LogP contribution in [-0.4, -0.2) is 9.78 Å². The minimum atomic E-state index is 0.445. The molecule has 0 saturated heterocycles. The van der Waals surface area contributed by atoms with E-state index in [9.17, 15) is 0 Å². The fourth-order valence-electron chi connectivity index (χ4n) is 2.94. The van der Waals surface area contributed by atoms with Crippen LogP contribution in [0.25, 0.3) is 0 Å². The highest BCUT2D eigenvalue weighted by molar-refractivity contribution is 5.48. The minimum absolute atomic E-state index is 0.445. The van der Waals surface area contributed by atoms with Crippen molar-refractivity contribution in [3.05, 3.63) is 11.3 Å². The maximum atomic E-state index is 6.06. The Hall–Kier alpha value is -0.990. The van der Waals surface area contributed by atoms with Gasteiger partial charge < -0.3 is 5.73 Å². The number of nitrogens with zero attached hydrogens (tertiary/aromatic N) is 2. The van der Waals surface area contributed by atoms with E-state index in [2.05, 4.69) is 12.0 Å². The van der Waals surface area contributed by atoms with Gasteiger partial charge in [0.1, 0.15) is 5.82 Å². The van der Waals surface area contributed by atoms with Crippen LogP contribution in [0.15, 0.2) is 0 Å². The van der Waals surface area contributed by atoms with E-state index in [-0.39, 0.29) is 0 Å². The number of hydrogen-bond donors (Lipinski definition) is 1. The van der Waals surface area contributed by atoms with Gasteiger partial charge >= 0.3 is 0 Å². The third-order valence-electron chi connectivity index (χ3n) is 4.17. The molecule has 1 aromatic heterocycles. The van der Waals surface area contributed by atoms with E-state index >= 15 is 0 Å². The summed E-state index contributed by atoms with van der Waals surface area (Å²) in [6.45, 7) is 2.18. The molecule has 0 spiro atoms. The van der Waals surface area contributed by atoms with Crippen molar-refractivity contribution in [2.24, 2.45) is 13.0 Å². The number of nitrogen functional groups attached to an aromatic ring is 1. The van der Waals surface area contributed by atoms with Gasteiger partial charge in [-0.1, -0.05) is 6.92 Å². The van der Waals surface area contributed by atoms with Gasteiger partial charge in [0.15, 0.2) is 0 Å². The molecule has 2 saturated carbocycles. The summed E-state index contributed by atoms with van der Waals surface area (Å²) in [6, 6.07) is 0. The van der Waals surface area contributed by atoms with Gasteiger partial charge in [0.25, 0.3) is 0 Å². The van der Waals surface area contributed by atoms with Crippen molar-refractivity contribution in [1.29, 1.82) is 0 Å². The third-order valence-corrected chi connectivity index (χ3v) is 4.17. The molecule has 3 nitrogen and oxygen atoms in total. The van der Waals surface area contributed by atoms with Crippen LogP contribution in [0, 0.1) is 5.92 Å². The monoisotopic (exact) mass is 205 g/mol. The molecule has 2 aliphatic carbocycles. The zero-order chi connectivity index (χ0) is 10.6. The maximum Gasteiger partial charge on any atom is 0.124 e. The Morgan fingerprint density at radius 2 is 2.13 bits per heavy atom. The van der Waals surface area contributed by atoms with Gasteiger partial charge in [-0.05, 0) is 38.0 Å². The molecule has 0 atom stereocenters. The summed E-state index contributed by atoms with van der Waals surface area (Å²) in [5.74, 6) is 1.79. The van der Waals surface area contributed by atoms with Crippen molar-refractivity contribution in [3.8, 4) is 0 Å². The molecule has 3 heteroatoms. The topological polar surface area (TPSA) is 43.8 Å². The third kappa shape index (κ3) is 1.15. The highest BCUT2D eigenvalue weighted by Gasteiger charge is 2.57. The van der Waals surface area contributed by atoms with Gasteiger partial charge in [-0.25, -0.2) is 0 Å². The lowest BCUT2D eigenvalue weighted by atomic mass is 9.92. The van der Waals surface area contributed by atoms with Crippen LogP contribution in [0.5, 0.6) is 0 Å². The highest BCUT2D eigenvalue weighted by Crippen LogP contribution is 2.62. The molecule has 0 amide bonds. The van der Waals surface area contributed by atoms with Gasteiger partial charge in [-0.3, -0.25) is 4.68 Å². The number of hydrogen-bond acceptors (Lipinski definition) is 2. The van der Waals surface area contributed by atoms with Crippen LogP contribution in [0.3, 0.4) is 0 Å². The van der Waals surface area contributed by atoms with Crippen molar-refractivity contribution < 1.29 is 0 Å². The lowest BCUT2D eigenvalue weighted by Crippen LogP contribution is -2.12. The summed E-state index contributed by atoms with van der Waals surface area (Å²) in [5, 5.41) is 4.67. The molecule has 0 aliphatic heterocycles. The summed E-state index contributed by atoms with van der Waals surface area (Å²) >= 11 is 0. The minimum Gasteiger partial charge on any atom is -0.384 e. The maximum absolute atomic E-state index is 6.06. The number of nitrogens with two attached hydrogens (primary N) is 1. The first-order chi connectivity index (χ1) is 7.19. The van der Waals surface area contributed by atoms with Crippen LogP contribution < -0.4 is 5.73 Å². The molecule has 2 N–H and O–H groups in total. The Kier molecular flexibility index (Phi) is 1.71. The molecule has 0 bridgehead atoms. The first-order valence-electron chi connectivity index (χ1n) is 6.01. The van der Waals surface area contributed by atoms with Crippen LogP contribution in [0.2, 0.25) is 0 Å². The largest absolute Gasteiger partial charge is 0.384 e. The van der Waals surface area contributed by atoms with Gasteiger partial charge in [0.2, 0.25) is 0 Å². The summed E-state index contributed by atoms with van der Waals surface area (Å²) in [5.41, 5.74) is 9.14. The van der Waals surface area contributed by atoms with Crippen molar-refractivity contribution in [3.63, 3.8) is 0 Å². The number of aromatic nitrogens is 2. The highest BCUT2D eigenvalue weighted by atomic mass is 15.3. The van der Waals surface area contributed by atoms with Crippen molar-refractivity contribution in [1.82, 2.24) is 9.78 Å². The Bertz CT molecular complexity index is 397. The zero-order valence-electron chi connectivity index (χ0n) is 9.58. The lowest BCUT2D eigenvalue weighted by molar-refractivity contribution is 0.560. The van der Waals surface area contributed by atoms with E-state index in [0.29, 0.717) is 5.41 Å². The second kappa shape index (κ2) is 2.77. The smallest absolute Gasteiger partial charge is 0.124 e. The van der Waals surface area contributed by atoms with Gasteiger partial charge in [-0.2, -0.15) is 5.10 Å². The fourth-order valence-corrected chi connectivity index (χ4v) is 2.94. The van der Waals surface area contributed by atoms with Gasteiger partial charge in [0, 0.05) is 18.0 Å².